The molecule has 0 spiro atoms. The van der Waals surface area contributed by atoms with Gasteiger partial charge in [0.25, 0.3) is 0 Å². The van der Waals surface area contributed by atoms with Crippen LogP contribution in [0.5, 0.6) is 0 Å². The second kappa shape index (κ2) is 7.75. The van der Waals surface area contributed by atoms with Crippen LogP contribution in [0.2, 0.25) is 0 Å². The van der Waals surface area contributed by atoms with E-state index in [9.17, 15) is 4.79 Å². The van der Waals surface area contributed by atoms with Gasteiger partial charge in [-0.1, -0.05) is 6.42 Å². The second-order valence-electron chi connectivity index (χ2n) is 7.22. The monoisotopic (exact) mass is 309 g/mol. The van der Waals surface area contributed by atoms with Gasteiger partial charge in [-0.05, 0) is 38.5 Å². The Hall–Kier alpha value is -0.650. The van der Waals surface area contributed by atoms with Crippen molar-refractivity contribution >= 4 is 5.91 Å². The van der Waals surface area contributed by atoms with Crippen LogP contribution in [-0.4, -0.2) is 67.2 Å². The highest BCUT2D eigenvalue weighted by atomic mass is 16.5. The molecule has 3 atom stereocenters. The topological polar surface area (TPSA) is 58.8 Å². The van der Waals surface area contributed by atoms with E-state index >= 15 is 0 Å². The third-order valence-electron chi connectivity index (χ3n) is 5.55. The zero-order valence-electron chi connectivity index (χ0n) is 13.7. The summed E-state index contributed by atoms with van der Waals surface area (Å²) in [5, 5.41) is 0. The van der Waals surface area contributed by atoms with Crippen molar-refractivity contribution in [2.24, 2.45) is 11.7 Å². The molecule has 3 aliphatic rings. The molecule has 1 saturated carbocycles. The van der Waals surface area contributed by atoms with Crippen LogP contribution >= 0.6 is 0 Å². The summed E-state index contributed by atoms with van der Waals surface area (Å²) in [5.74, 6) is 0.558. The van der Waals surface area contributed by atoms with Crippen LogP contribution in [-0.2, 0) is 9.53 Å². The molecule has 2 aliphatic heterocycles. The van der Waals surface area contributed by atoms with Crippen molar-refractivity contribution in [3.63, 3.8) is 0 Å². The lowest BCUT2D eigenvalue weighted by molar-refractivity contribution is -0.141. The number of amides is 1. The summed E-state index contributed by atoms with van der Waals surface area (Å²) in [4.78, 5) is 17.6. The molecule has 3 fully saturated rings. The van der Waals surface area contributed by atoms with Gasteiger partial charge in [-0.2, -0.15) is 0 Å². The Balaban J connectivity index is 1.59. The molecular formula is C17H31N3O2. The molecule has 3 rings (SSSR count). The fourth-order valence-corrected chi connectivity index (χ4v) is 4.25. The van der Waals surface area contributed by atoms with Crippen molar-refractivity contribution < 1.29 is 9.53 Å². The molecule has 126 valence electrons. The van der Waals surface area contributed by atoms with Gasteiger partial charge >= 0.3 is 0 Å². The van der Waals surface area contributed by atoms with Crippen LogP contribution in [0.25, 0.3) is 0 Å². The van der Waals surface area contributed by atoms with Crippen molar-refractivity contribution in [3.05, 3.63) is 0 Å². The van der Waals surface area contributed by atoms with Crippen molar-refractivity contribution in [3.8, 4) is 0 Å². The average Bonchev–Trinajstić information content (AvgIpc) is 2.56. The molecule has 0 aromatic carbocycles. The van der Waals surface area contributed by atoms with Gasteiger partial charge in [-0.15, -0.1) is 0 Å². The van der Waals surface area contributed by atoms with E-state index in [1.807, 2.05) is 0 Å². The SMILES string of the molecule is N[C@@H]1CCC[C@@H](C(=O)N2CCCC[C@@H]2CN2CCOCC2)C1. The lowest BCUT2D eigenvalue weighted by Crippen LogP contribution is -2.53. The summed E-state index contributed by atoms with van der Waals surface area (Å²) in [6.07, 6.45) is 7.68. The summed E-state index contributed by atoms with van der Waals surface area (Å²) >= 11 is 0. The smallest absolute Gasteiger partial charge is 0.226 e. The summed E-state index contributed by atoms with van der Waals surface area (Å²) in [7, 11) is 0. The maximum Gasteiger partial charge on any atom is 0.226 e. The predicted molar refractivity (Wildman–Crippen MR) is 86.5 cm³/mol. The van der Waals surface area contributed by atoms with Gasteiger partial charge in [0, 0.05) is 44.2 Å². The number of nitrogens with zero attached hydrogens (tertiary/aromatic N) is 2. The van der Waals surface area contributed by atoms with Crippen LogP contribution in [0.4, 0.5) is 0 Å². The molecule has 2 saturated heterocycles. The highest BCUT2D eigenvalue weighted by Gasteiger charge is 2.34. The Bertz CT molecular complexity index is 371. The zero-order valence-corrected chi connectivity index (χ0v) is 13.7. The van der Waals surface area contributed by atoms with Crippen molar-refractivity contribution in [1.29, 1.82) is 0 Å². The van der Waals surface area contributed by atoms with E-state index in [0.29, 0.717) is 11.9 Å². The Labute approximate surface area is 134 Å². The minimum absolute atomic E-state index is 0.175. The van der Waals surface area contributed by atoms with E-state index in [0.717, 1.165) is 77.9 Å². The first-order valence-corrected chi connectivity index (χ1v) is 9.10. The van der Waals surface area contributed by atoms with Crippen LogP contribution in [0.1, 0.15) is 44.9 Å². The molecule has 5 nitrogen and oxygen atoms in total. The normalized spacial score (nSPS) is 34.6. The minimum atomic E-state index is 0.175. The zero-order chi connectivity index (χ0) is 15.4. The first kappa shape index (κ1) is 16.2. The number of morpholine rings is 1. The number of piperidine rings is 1. The maximum absolute atomic E-state index is 13.0. The first-order chi connectivity index (χ1) is 10.7. The van der Waals surface area contributed by atoms with E-state index in [1.54, 1.807) is 0 Å². The summed E-state index contributed by atoms with van der Waals surface area (Å²) in [6.45, 7) is 5.64. The number of hydrogen-bond donors (Lipinski definition) is 1. The van der Waals surface area contributed by atoms with Gasteiger partial charge in [0.2, 0.25) is 5.91 Å². The number of nitrogens with two attached hydrogens (primary N) is 1. The van der Waals surface area contributed by atoms with Crippen LogP contribution < -0.4 is 5.73 Å². The van der Waals surface area contributed by atoms with E-state index in [1.165, 1.54) is 6.42 Å². The number of carbonyl (C=O) groups is 1. The summed E-state index contributed by atoms with van der Waals surface area (Å²) in [6, 6.07) is 0.627. The van der Waals surface area contributed by atoms with Gasteiger partial charge in [0.1, 0.15) is 0 Å². The van der Waals surface area contributed by atoms with E-state index < -0.39 is 0 Å². The molecule has 0 unspecified atom stereocenters. The Morgan fingerprint density at radius 2 is 1.86 bits per heavy atom. The fraction of sp³-hybridized carbons (Fsp3) is 0.941. The predicted octanol–water partition coefficient (Wildman–Crippen LogP) is 1.22. The van der Waals surface area contributed by atoms with Crippen LogP contribution in [0, 0.1) is 5.92 Å². The van der Waals surface area contributed by atoms with Crippen molar-refractivity contribution in [2.75, 3.05) is 39.4 Å². The lowest BCUT2D eigenvalue weighted by atomic mass is 9.84. The summed E-state index contributed by atoms with van der Waals surface area (Å²) < 4.78 is 5.43. The van der Waals surface area contributed by atoms with Crippen LogP contribution in [0.3, 0.4) is 0 Å². The summed E-state index contributed by atoms with van der Waals surface area (Å²) in [5.41, 5.74) is 6.08. The molecule has 0 bridgehead atoms. The Morgan fingerprint density at radius 1 is 1.05 bits per heavy atom. The molecule has 2 N–H and O–H groups in total. The first-order valence-electron chi connectivity index (χ1n) is 9.10. The largest absolute Gasteiger partial charge is 0.379 e. The molecule has 0 aromatic rings. The number of likely N-dealkylation sites (tertiary alicyclic amines) is 1. The average molecular weight is 309 g/mol. The van der Waals surface area contributed by atoms with Gasteiger partial charge in [0.15, 0.2) is 0 Å². The Morgan fingerprint density at radius 3 is 2.64 bits per heavy atom. The highest BCUT2D eigenvalue weighted by molar-refractivity contribution is 5.79. The maximum atomic E-state index is 13.0. The number of rotatable bonds is 3. The molecular weight excluding hydrogens is 278 g/mol. The van der Waals surface area contributed by atoms with Gasteiger partial charge in [0.05, 0.1) is 13.2 Å². The van der Waals surface area contributed by atoms with Gasteiger partial charge in [-0.25, -0.2) is 0 Å². The molecule has 2 heterocycles. The molecule has 0 radical (unpaired) electrons. The van der Waals surface area contributed by atoms with Gasteiger partial charge in [-0.3, -0.25) is 9.69 Å². The van der Waals surface area contributed by atoms with E-state index in [-0.39, 0.29) is 12.0 Å². The fourth-order valence-electron chi connectivity index (χ4n) is 4.25. The lowest BCUT2D eigenvalue weighted by Gasteiger charge is -2.42. The number of ether oxygens (including phenoxy) is 1. The van der Waals surface area contributed by atoms with Crippen molar-refractivity contribution in [2.45, 2.75) is 57.0 Å². The molecule has 1 aliphatic carbocycles. The standard InChI is InChI=1S/C17H31N3O2/c18-15-5-3-4-14(12-15)17(21)20-7-2-1-6-16(20)13-19-8-10-22-11-9-19/h14-16H,1-13,18H2/t14-,15-,16-/m1/s1. The minimum Gasteiger partial charge on any atom is -0.379 e. The third-order valence-corrected chi connectivity index (χ3v) is 5.55. The third kappa shape index (κ3) is 4.00. The Kier molecular flexibility index (Phi) is 5.71. The highest BCUT2D eigenvalue weighted by Crippen LogP contribution is 2.28. The van der Waals surface area contributed by atoms with E-state index in [4.69, 9.17) is 10.5 Å². The number of carbonyl (C=O) groups excluding carboxylic acids is 1. The molecule has 5 heteroatoms. The quantitative estimate of drug-likeness (QED) is 0.851. The molecule has 0 aromatic heterocycles. The second-order valence-corrected chi connectivity index (χ2v) is 7.22. The van der Waals surface area contributed by atoms with Crippen LogP contribution in [0.15, 0.2) is 0 Å². The van der Waals surface area contributed by atoms with E-state index in [2.05, 4.69) is 9.80 Å². The van der Waals surface area contributed by atoms with Crippen molar-refractivity contribution in [1.82, 2.24) is 9.80 Å². The van der Waals surface area contributed by atoms with Gasteiger partial charge < -0.3 is 15.4 Å². The molecule has 1 amide bonds. The number of hydrogen-bond acceptors (Lipinski definition) is 4. The molecule has 22 heavy (non-hydrogen) atoms.